The molecule has 0 aliphatic heterocycles. The van der Waals surface area contributed by atoms with Gasteiger partial charge in [0.15, 0.2) is 0 Å². The second kappa shape index (κ2) is 6.87. The predicted octanol–water partition coefficient (Wildman–Crippen LogP) is 3.70. The van der Waals surface area contributed by atoms with Crippen molar-refractivity contribution in [2.24, 2.45) is 11.7 Å². The molecule has 1 aromatic rings. The molecule has 2 nitrogen and oxygen atoms in total. The lowest BCUT2D eigenvalue weighted by atomic mass is 9.92. The molecule has 1 atom stereocenters. The van der Waals surface area contributed by atoms with Crippen LogP contribution in [0.25, 0.3) is 0 Å². The van der Waals surface area contributed by atoms with Crippen LogP contribution in [0.1, 0.15) is 44.2 Å². The zero-order valence-electron chi connectivity index (χ0n) is 10.4. The number of halogens is 1. The normalized spacial score (nSPS) is 17.5. The molecule has 96 valence electrons. The third-order valence-electron chi connectivity index (χ3n) is 3.48. The Morgan fingerprint density at radius 2 is 1.82 bits per heavy atom. The van der Waals surface area contributed by atoms with Crippen molar-refractivity contribution in [3.05, 3.63) is 29.8 Å². The maximum atomic E-state index is 6.28. The monoisotopic (exact) mass is 255 g/mol. The van der Waals surface area contributed by atoms with Crippen molar-refractivity contribution >= 4 is 12.4 Å². The number of nitrogens with two attached hydrogens (primary N) is 1. The standard InChI is InChI=1S/C14H21NO.ClH/c1-2-16-13-9-7-12(8-10-13)14(15)11-5-3-4-6-11;/h7-11,14H,2-6,15H2,1H3;1H/t14-;/m1./s1. The van der Waals surface area contributed by atoms with E-state index in [1.165, 1.54) is 31.2 Å². The second-order valence-electron chi connectivity index (χ2n) is 4.57. The minimum Gasteiger partial charge on any atom is -0.494 e. The van der Waals surface area contributed by atoms with Gasteiger partial charge in [-0.3, -0.25) is 0 Å². The maximum Gasteiger partial charge on any atom is 0.119 e. The van der Waals surface area contributed by atoms with E-state index in [4.69, 9.17) is 10.5 Å². The van der Waals surface area contributed by atoms with E-state index in [2.05, 4.69) is 12.1 Å². The Morgan fingerprint density at radius 1 is 1.24 bits per heavy atom. The van der Waals surface area contributed by atoms with Gasteiger partial charge in [0.1, 0.15) is 5.75 Å². The Bertz CT molecular complexity index is 319. The highest BCUT2D eigenvalue weighted by atomic mass is 35.5. The minimum atomic E-state index is 0. The van der Waals surface area contributed by atoms with Gasteiger partial charge in [0.05, 0.1) is 6.61 Å². The molecule has 3 heteroatoms. The number of rotatable bonds is 4. The van der Waals surface area contributed by atoms with Crippen molar-refractivity contribution in [3.63, 3.8) is 0 Å². The second-order valence-corrected chi connectivity index (χ2v) is 4.57. The average molecular weight is 256 g/mol. The third kappa shape index (κ3) is 3.62. The molecule has 0 unspecified atom stereocenters. The van der Waals surface area contributed by atoms with E-state index in [0.717, 1.165) is 5.75 Å². The van der Waals surface area contributed by atoms with Gasteiger partial charge in [0, 0.05) is 6.04 Å². The van der Waals surface area contributed by atoms with Crippen molar-refractivity contribution < 1.29 is 4.74 Å². The van der Waals surface area contributed by atoms with E-state index < -0.39 is 0 Å². The Balaban J connectivity index is 0.00000144. The summed E-state index contributed by atoms with van der Waals surface area (Å²) < 4.78 is 5.43. The lowest BCUT2D eigenvalue weighted by Crippen LogP contribution is -2.18. The van der Waals surface area contributed by atoms with Crippen LogP contribution >= 0.6 is 12.4 Å². The zero-order valence-corrected chi connectivity index (χ0v) is 11.2. The van der Waals surface area contributed by atoms with Crippen LogP contribution in [0.5, 0.6) is 5.75 Å². The van der Waals surface area contributed by atoms with Gasteiger partial charge in [0.25, 0.3) is 0 Å². The lowest BCUT2D eigenvalue weighted by molar-refractivity contribution is 0.340. The van der Waals surface area contributed by atoms with Gasteiger partial charge in [-0.2, -0.15) is 0 Å². The van der Waals surface area contributed by atoms with Crippen LogP contribution in [0.3, 0.4) is 0 Å². The first kappa shape index (κ1) is 14.3. The molecule has 0 aromatic heterocycles. The highest BCUT2D eigenvalue weighted by Crippen LogP contribution is 2.34. The fourth-order valence-electron chi connectivity index (χ4n) is 2.54. The van der Waals surface area contributed by atoms with Crippen molar-refractivity contribution in [1.29, 1.82) is 0 Å². The van der Waals surface area contributed by atoms with Crippen LogP contribution in [-0.4, -0.2) is 6.61 Å². The fourth-order valence-corrected chi connectivity index (χ4v) is 2.54. The molecule has 17 heavy (non-hydrogen) atoms. The molecule has 0 amide bonds. The SMILES string of the molecule is CCOc1ccc([C@H](N)C2CCCC2)cc1.Cl. The first-order valence-corrected chi connectivity index (χ1v) is 6.29. The van der Waals surface area contributed by atoms with Gasteiger partial charge in [-0.1, -0.05) is 25.0 Å². The Morgan fingerprint density at radius 3 is 2.35 bits per heavy atom. The summed E-state index contributed by atoms with van der Waals surface area (Å²) >= 11 is 0. The summed E-state index contributed by atoms with van der Waals surface area (Å²) in [5.74, 6) is 1.61. The van der Waals surface area contributed by atoms with E-state index >= 15 is 0 Å². The summed E-state index contributed by atoms with van der Waals surface area (Å²) in [6.07, 6.45) is 5.26. The summed E-state index contributed by atoms with van der Waals surface area (Å²) in [4.78, 5) is 0. The highest BCUT2D eigenvalue weighted by molar-refractivity contribution is 5.85. The molecule has 0 heterocycles. The first-order valence-electron chi connectivity index (χ1n) is 6.29. The van der Waals surface area contributed by atoms with E-state index in [1.54, 1.807) is 0 Å². The minimum absolute atomic E-state index is 0. The van der Waals surface area contributed by atoms with Crippen LogP contribution in [0.4, 0.5) is 0 Å². The Hall–Kier alpha value is -0.730. The molecular formula is C14H22ClNO. The quantitative estimate of drug-likeness (QED) is 0.891. The van der Waals surface area contributed by atoms with E-state index in [0.29, 0.717) is 12.5 Å². The molecule has 1 fully saturated rings. The summed E-state index contributed by atoms with van der Waals surface area (Å²) in [7, 11) is 0. The summed E-state index contributed by atoms with van der Waals surface area (Å²) in [5.41, 5.74) is 7.53. The first-order chi connectivity index (χ1) is 7.81. The van der Waals surface area contributed by atoms with E-state index in [1.807, 2.05) is 19.1 Å². The summed E-state index contributed by atoms with van der Waals surface area (Å²) in [5, 5.41) is 0. The van der Waals surface area contributed by atoms with Crippen LogP contribution in [0.15, 0.2) is 24.3 Å². The molecule has 0 saturated heterocycles. The zero-order chi connectivity index (χ0) is 11.4. The van der Waals surface area contributed by atoms with Crippen molar-refractivity contribution in [2.45, 2.75) is 38.6 Å². The van der Waals surface area contributed by atoms with Gasteiger partial charge < -0.3 is 10.5 Å². The molecule has 1 aliphatic rings. The van der Waals surface area contributed by atoms with E-state index in [-0.39, 0.29) is 18.4 Å². The van der Waals surface area contributed by atoms with Crippen LogP contribution < -0.4 is 10.5 Å². The summed E-state index contributed by atoms with van der Waals surface area (Å²) in [6, 6.07) is 8.46. The average Bonchev–Trinajstić information content (AvgIpc) is 2.83. The molecule has 0 bridgehead atoms. The van der Waals surface area contributed by atoms with E-state index in [9.17, 15) is 0 Å². The molecule has 0 spiro atoms. The largest absolute Gasteiger partial charge is 0.494 e. The van der Waals surface area contributed by atoms with Crippen LogP contribution in [0, 0.1) is 5.92 Å². The van der Waals surface area contributed by atoms with Crippen molar-refractivity contribution in [2.75, 3.05) is 6.61 Å². The fraction of sp³-hybridized carbons (Fsp3) is 0.571. The molecule has 2 N–H and O–H groups in total. The number of hydrogen-bond acceptors (Lipinski definition) is 2. The Labute approximate surface area is 110 Å². The molecule has 0 radical (unpaired) electrons. The molecule has 1 aliphatic carbocycles. The molecular weight excluding hydrogens is 234 g/mol. The third-order valence-corrected chi connectivity index (χ3v) is 3.48. The maximum absolute atomic E-state index is 6.28. The highest BCUT2D eigenvalue weighted by Gasteiger charge is 2.22. The lowest BCUT2D eigenvalue weighted by Gasteiger charge is -2.19. The summed E-state index contributed by atoms with van der Waals surface area (Å²) in [6.45, 7) is 2.71. The number of ether oxygens (including phenoxy) is 1. The number of benzene rings is 1. The topological polar surface area (TPSA) is 35.2 Å². The van der Waals surface area contributed by atoms with Gasteiger partial charge >= 0.3 is 0 Å². The molecule has 1 aromatic carbocycles. The Kier molecular flexibility index (Phi) is 5.79. The van der Waals surface area contributed by atoms with Crippen LogP contribution in [-0.2, 0) is 0 Å². The smallest absolute Gasteiger partial charge is 0.119 e. The van der Waals surface area contributed by atoms with Crippen molar-refractivity contribution in [1.82, 2.24) is 0 Å². The molecule has 2 rings (SSSR count). The van der Waals surface area contributed by atoms with Gasteiger partial charge in [0.2, 0.25) is 0 Å². The van der Waals surface area contributed by atoms with Crippen molar-refractivity contribution in [3.8, 4) is 5.75 Å². The van der Waals surface area contributed by atoms with Gasteiger partial charge in [-0.25, -0.2) is 0 Å². The predicted molar refractivity (Wildman–Crippen MR) is 73.7 cm³/mol. The van der Waals surface area contributed by atoms with Crippen LogP contribution in [0.2, 0.25) is 0 Å². The molecule has 1 saturated carbocycles. The number of hydrogen-bond donors (Lipinski definition) is 1. The van der Waals surface area contributed by atoms with Gasteiger partial charge in [-0.05, 0) is 43.4 Å². The van der Waals surface area contributed by atoms with Gasteiger partial charge in [-0.15, -0.1) is 12.4 Å².